The summed E-state index contributed by atoms with van der Waals surface area (Å²) in [6.07, 6.45) is 6.36. The number of anilines is 1. The van der Waals surface area contributed by atoms with Crippen LogP contribution in [-0.4, -0.2) is 88.3 Å². The molecule has 3 amide bonds. The first-order valence-electron chi connectivity index (χ1n) is 17.3. The molecule has 9 heteroatoms. The van der Waals surface area contributed by atoms with Crippen LogP contribution in [0.25, 0.3) is 0 Å². The summed E-state index contributed by atoms with van der Waals surface area (Å²) in [5.74, 6) is -1.85. The van der Waals surface area contributed by atoms with E-state index in [0.29, 0.717) is 43.9 Å². The number of aliphatic hydroxyl groups excluding tert-OH is 1. The van der Waals surface area contributed by atoms with Crippen LogP contribution in [-0.2, 0) is 25.5 Å². The maximum absolute atomic E-state index is 15.0. The second kappa shape index (κ2) is 14.7. The minimum Gasteiger partial charge on any atom is -0.494 e. The summed E-state index contributed by atoms with van der Waals surface area (Å²) in [5.41, 5.74) is -0.595. The zero-order valence-electron chi connectivity index (χ0n) is 28.8. The Morgan fingerprint density at radius 2 is 1.75 bits per heavy atom. The van der Waals surface area contributed by atoms with Crippen LogP contribution in [0.2, 0.25) is 0 Å². The van der Waals surface area contributed by atoms with E-state index in [1.54, 1.807) is 26.9 Å². The summed E-state index contributed by atoms with van der Waals surface area (Å²) in [5, 5.41) is 10.9. The van der Waals surface area contributed by atoms with E-state index in [4.69, 9.17) is 9.47 Å². The number of ether oxygens (including phenoxy) is 2. The van der Waals surface area contributed by atoms with Gasteiger partial charge in [-0.25, -0.2) is 0 Å². The Balaban J connectivity index is 1.60. The SMILES string of the molecule is C=CCN(C(=O)[C@@H]1[C@H]2C(=O)N([C@@H](CO)Cc3ccccc3)C(C(=O)N(CC=C)C(C)CCC)C23CC[C@@]1(C)O3)c1ccc(OCC)cc1. The fraction of sp³-hybridized carbons (Fsp3) is 0.513. The number of rotatable bonds is 16. The molecule has 2 bridgehead atoms. The zero-order valence-corrected chi connectivity index (χ0v) is 28.8. The van der Waals surface area contributed by atoms with Crippen molar-refractivity contribution < 1.29 is 29.0 Å². The van der Waals surface area contributed by atoms with E-state index in [-0.39, 0.29) is 36.9 Å². The first-order valence-corrected chi connectivity index (χ1v) is 17.3. The molecule has 0 aromatic heterocycles. The van der Waals surface area contributed by atoms with E-state index in [0.717, 1.165) is 18.4 Å². The number of nitrogens with zero attached hydrogens (tertiary/aromatic N) is 3. The number of aliphatic hydroxyl groups is 1. The number of hydrogen-bond acceptors (Lipinski definition) is 6. The van der Waals surface area contributed by atoms with Gasteiger partial charge < -0.3 is 29.3 Å². The molecular weight excluding hydrogens is 606 g/mol. The molecule has 7 atom stereocenters. The van der Waals surface area contributed by atoms with Gasteiger partial charge in [0.2, 0.25) is 17.7 Å². The molecule has 0 radical (unpaired) electrons. The Morgan fingerprint density at radius 1 is 1.06 bits per heavy atom. The third-order valence-electron chi connectivity index (χ3n) is 10.5. The number of carbonyl (C=O) groups excluding carboxylic acids is 3. The van der Waals surface area contributed by atoms with Gasteiger partial charge in [-0.3, -0.25) is 14.4 Å². The lowest BCUT2D eigenvalue weighted by molar-refractivity contribution is -0.156. The number of likely N-dealkylation sites (tertiary alicyclic amines) is 1. The molecule has 3 saturated heterocycles. The van der Waals surface area contributed by atoms with Gasteiger partial charge in [-0.1, -0.05) is 55.8 Å². The number of carbonyl (C=O) groups is 3. The molecule has 9 nitrogen and oxygen atoms in total. The Hall–Kier alpha value is -3.95. The Kier molecular flexibility index (Phi) is 10.8. The van der Waals surface area contributed by atoms with Crippen LogP contribution in [0.15, 0.2) is 79.9 Å². The van der Waals surface area contributed by atoms with Crippen molar-refractivity contribution in [3.8, 4) is 5.75 Å². The first-order chi connectivity index (χ1) is 23.1. The van der Waals surface area contributed by atoms with Crippen molar-refractivity contribution in [1.29, 1.82) is 0 Å². The van der Waals surface area contributed by atoms with E-state index < -0.39 is 35.1 Å². The minimum absolute atomic E-state index is 0.107. The number of amides is 3. The molecule has 5 rings (SSSR count). The van der Waals surface area contributed by atoms with Crippen molar-refractivity contribution >= 4 is 23.4 Å². The lowest BCUT2D eigenvalue weighted by atomic mass is 9.66. The summed E-state index contributed by atoms with van der Waals surface area (Å²) in [6, 6.07) is 15.1. The van der Waals surface area contributed by atoms with Gasteiger partial charge in [-0.15, -0.1) is 13.2 Å². The Bertz CT molecular complexity index is 1480. The van der Waals surface area contributed by atoms with Crippen LogP contribution in [0.4, 0.5) is 5.69 Å². The average molecular weight is 658 g/mol. The van der Waals surface area contributed by atoms with Crippen LogP contribution < -0.4 is 9.64 Å². The van der Waals surface area contributed by atoms with Crippen LogP contribution in [0.3, 0.4) is 0 Å². The average Bonchev–Trinajstić information content (AvgIpc) is 3.66. The van der Waals surface area contributed by atoms with Gasteiger partial charge in [0.25, 0.3) is 0 Å². The lowest BCUT2D eigenvalue weighted by Gasteiger charge is -2.41. The Labute approximate surface area is 285 Å². The van der Waals surface area contributed by atoms with E-state index >= 15 is 0 Å². The van der Waals surface area contributed by atoms with E-state index in [2.05, 4.69) is 20.1 Å². The van der Waals surface area contributed by atoms with Crippen molar-refractivity contribution in [1.82, 2.24) is 9.80 Å². The van der Waals surface area contributed by atoms with E-state index in [9.17, 15) is 19.5 Å². The van der Waals surface area contributed by atoms with Crippen molar-refractivity contribution in [3.05, 3.63) is 85.5 Å². The van der Waals surface area contributed by atoms with Gasteiger partial charge in [0, 0.05) is 24.8 Å². The predicted octanol–water partition coefficient (Wildman–Crippen LogP) is 5.18. The van der Waals surface area contributed by atoms with Gasteiger partial charge in [0.1, 0.15) is 17.4 Å². The van der Waals surface area contributed by atoms with Gasteiger partial charge >= 0.3 is 0 Å². The van der Waals surface area contributed by atoms with Crippen LogP contribution >= 0.6 is 0 Å². The molecule has 3 fully saturated rings. The van der Waals surface area contributed by atoms with E-state index in [1.807, 2.05) is 75.4 Å². The topological polar surface area (TPSA) is 99.6 Å². The molecule has 258 valence electrons. The summed E-state index contributed by atoms with van der Waals surface area (Å²) in [4.78, 5) is 49.7. The summed E-state index contributed by atoms with van der Waals surface area (Å²) >= 11 is 0. The maximum Gasteiger partial charge on any atom is 0.248 e. The highest BCUT2D eigenvalue weighted by molar-refractivity contribution is 6.03. The smallest absolute Gasteiger partial charge is 0.248 e. The van der Waals surface area contributed by atoms with Gasteiger partial charge in [0.05, 0.1) is 36.7 Å². The monoisotopic (exact) mass is 657 g/mol. The molecule has 0 saturated carbocycles. The highest BCUT2D eigenvalue weighted by Gasteiger charge is 2.79. The quantitative estimate of drug-likeness (QED) is 0.250. The minimum atomic E-state index is -1.22. The number of benzene rings is 2. The van der Waals surface area contributed by atoms with E-state index in [1.165, 1.54) is 0 Å². The standard InChI is InChI=1S/C39H51N3O6/c1-7-14-27(5)40(23-8-2)37(46)34-39-22-21-38(6,48-39)32(35(44)41(24-9-3)29-17-19-31(20-18-29)47-10-4)33(39)36(45)42(34)30(26-43)25-28-15-12-11-13-16-28/h8-9,11-13,15-20,27,30,32-34,43H,2-3,7,10,14,21-26H2,1,4-6H3/t27?,30-,32+,33+,34?,38-,39?/m1/s1. The molecule has 3 unspecified atom stereocenters. The lowest BCUT2D eigenvalue weighted by Crippen LogP contribution is -2.60. The molecule has 48 heavy (non-hydrogen) atoms. The number of hydrogen-bond donors (Lipinski definition) is 1. The molecule has 3 aliphatic heterocycles. The highest BCUT2D eigenvalue weighted by Crippen LogP contribution is 2.64. The fourth-order valence-corrected chi connectivity index (χ4v) is 8.41. The van der Waals surface area contributed by atoms with Crippen molar-refractivity contribution in [2.24, 2.45) is 11.8 Å². The largest absolute Gasteiger partial charge is 0.494 e. The fourth-order valence-electron chi connectivity index (χ4n) is 8.41. The van der Waals surface area contributed by atoms with Crippen LogP contribution in [0.5, 0.6) is 5.75 Å². The Morgan fingerprint density at radius 3 is 2.35 bits per heavy atom. The summed E-state index contributed by atoms with van der Waals surface area (Å²) in [7, 11) is 0. The third-order valence-corrected chi connectivity index (χ3v) is 10.5. The van der Waals surface area contributed by atoms with Crippen molar-refractivity contribution in [2.45, 2.75) is 89.1 Å². The third kappa shape index (κ3) is 6.18. The second-order valence-corrected chi connectivity index (χ2v) is 13.6. The molecule has 1 spiro atoms. The first kappa shape index (κ1) is 35.4. The zero-order chi connectivity index (χ0) is 34.6. The molecule has 3 aliphatic rings. The van der Waals surface area contributed by atoms with Crippen molar-refractivity contribution in [2.75, 3.05) is 31.2 Å². The molecule has 2 aromatic rings. The summed E-state index contributed by atoms with van der Waals surface area (Å²) < 4.78 is 12.6. The van der Waals surface area contributed by atoms with Gasteiger partial charge in [0.15, 0.2) is 0 Å². The van der Waals surface area contributed by atoms with Gasteiger partial charge in [-0.05, 0) is 76.3 Å². The number of fused-ring (bicyclic) bond motifs is 1. The highest BCUT2D eigenvalue weighted by atomic mass is 16.5. The van der Waals surface area contributed by atoms with Crippen LogP contribution in [0, 0.1) is 11.8 Å². The molecule has 0 aliphatic carbocycles. The molecular formula is C39H51N3O6. The predicted molar refractivity (Wildman–Crippen MR) is 187 cm³/mol. The molecule has 1 N–H and O–H groups in total. The van der Waals surface area contributed by atoms with Gasteiger partial charge in [-0.2, -0.15) is 0 Å². The van der Waals surface area contributed by atoms with Crippen LogP contribution in [0.1, 0.15) is 58.9 Å². The normalized spacial score (nSPS) is 26.9. The molecule has 2 aromatic carbocycles. The second-order valence-electron chi connectivity index (χ2n) is 13.6. The van der Waals surface area contributed by atoms with Crippen molar-refractivity contribution in [3.63, 3.8) is 0 Å². The summed E-state index contributed by atoms with van der Waals surface area (Å²) in [6.45, 7) is 16.5. The maximum atomic E-state index is 15.0. The molecule has 3 heterocycles.